The van der Waals surface area contributed by atoms with Crippen molar-refractivity contribution < 1.29 is 17.9 Å². The predicted octanol–water partition coefficient (Wildman–Crippen LogP) is 3.60. The summed E-state index contributed by atoms with van der Waals surface area (Å²) in [6, 6.07) is 12.8. The number of fused-ring (bicyclic) bond motifs is 1. The van der Waals surface area contributed by atoms with Crippen molar-refractivity contribution in [2.24, 2.45) is 0 Å². The number of carbonyl (C=O) groups excluding carboxylic acids is 1. The highest BCUT2D eigenvalue weighted by atomic mass is 32.2. The van der Waals surface area contributed by atoms with Crippen molar-refractivity contribution in [2.45, 2.75) is 51.0 Å². The van der Waals surface area contributed by atoms with Crippen LogP contribution in [0.5, 0.6) is 5.75 Å². The van der Waals surface area contributed by atoms with Gasteiger partial charge >= 0.3 is 0 Å². The SMILES string of the molecule is CCOc1ccc(S(=O)(=O)N(CC)CC(=O)N[C@@H]2CCCc3ccccc32)cc1C. The molecule has 0 spiro atoms. The molecule has 0 saturated carbocycles. The molecule has 1 amide bonds. The average molecular weight is 431 g/mol. The molecular formula is C23H30N2O4S. The van der Waals surface area contributed by atoms with Crippen LogP contribution in [0.4, 0.5) is 0 Å². The van der Waals surface area contributed by atoms with Crippen molar-refractivity contribution in [3.05, 3.63) is 59.2 Å². The van der Waals surface area contributed by atoms with E-state index in [9.17, 15) is 13.2 Å². The molecule has 2 aromatic carbocycles. The number of benzene rings is 2. The number of aryl methyl sites for hydroxylation is 2. The van der Waals surface area contributed by atoms with Gasteiger partial charge in [-0.05, 0) is 68.0 Å². The van der Waals surface area contributed by atoms with Crippen molar-refractivity contribution in [3.8, 4) is 5.75 Å². The van der Waals surface area contributed by atoms with Gasteiger partial charge in [-0.3, -0.25) is 4.79 Å². The first kappa shape index (κ1) is 22.3. The Kier molecular flexibility index (Phi) is 7.15. The summed E-state index contributed by atoms with van der Waals surface area (Å²) in [5, 5.41) is 3.04. The molecule has 1 N–H and O–H groups in total. The van der Waals surface area contributed by atoms with Gasteiger partial charge in [0.15, 0.2) is 0 Å². The Morgan fingerprint density at radius 1 is 1.20 bits per heavy atom. The third kappa shape index (κ3) is 4.84. The van der Waals surface area contributed by atoms with Gasteiger partial charge in [0.1, 0.15) is 5.75 Å². The number of nitrogens with one attached hydrogen (secondary N) is 1. The van der Waals surface area contributed by atoms with Crippen molar-refractivity contribution in [2.75, 3.05) is 19.7 Å². The van der Waals surface area contributed by atoms with E-state index in [0.717, 1.165) is 30.4 Å². The number of hydrogen-bond acceptors (Lipinski definition) is 4. The zero-order valence-electron chi connectivity index (χ0n) is 17.8. The topological polar surface area (TPSA) is 75.7 Å². The smallest absolute Gasteiger partial charge is 0.243 e. The molecule has 0 saturated heterocycles. The molecule has 3 rings (SSSR count). The van der Waals surface area contributed by atoms with Gasteiger partial charge in [0.2, 0.25) is 15.9 Å². The number of carbonyl (C=O) groups is 1. The summed E-state index contributed by atoms with van der Waals surface area (Å²) in [5.41, 5.74) is 3.13. The van der Waals surface area contributed by atoms with E-state index in [2.05, 4.69) is 11.4 Å². The molecule has 0 aliphatic heterocycles. The second-order valence-electron chi connectivity index (χ2n) is 7.50. The third-order valence-electron chi connectivity index (χ3n) is 5.46. The summed E-state index contributed by atoms with van der Waals surface area (Å²) in [7, 11) is -3.78. The van der Waals surface area contributed by atoms with Crippen molar-refractivity contribution >= 4 is 15.9 Å². The molecule has 7 heteroatoms. The Morgan fingerprint density at radius 2 is 1.97 bits per heavy atom. The monoisotopic (exact) mass is 430 g/mol. The maximum atomic E-state index is 13.1. The number of sulfonamides is 1. The summed E-state index contributed by atoms with van der Waals surface area (Å²) >= 11 is 0. The Bertz CT molecular complexity index is 1000. The van der Waals surface area contributed by atoms with Crippen LogP contribution in [-0.2, 0) is 21.2 Å². The minimum absolute atomic E-state index is 0.0726. The van der Waals surface area contributed by atoms with Crippen LogP contribution in [-0.4, -0.2) is 38.3 Å². The van der Waals surface area contributed by atoms with Crippen LogP contribution >= 0.6 is 0 Å². The molecule has 0 radical (unpaired) electrons. The lowest BCUT2D eigenvalue weighted by molar-refractivity contribution is -0.122. The van der Waals surface area contributed by atoms with E-state index in [1.54, 1.807) is 19.1 Å². The number of rotatable bonds is 8. The lowest BCUT2D eigenvalue weighted by Gasteiger charge is -2.27. The van der Waals surface area contributed by atoms with Crippen molar-refractivity contribution in [1.29, 1.82) is 0 Å². The molecule has 30 heavy (non-hydrogen) atoms. The second kappa shape index (κ2) is 9.62. The van der Waals surface area contributed by atoms with E-state index in [0.29, 0.717) is 12.4 Å². The minimum Gasteiger partial charge on any atom is -0.494 e. The third-order valence-corrected chi connectivity index (χ3v) is 7.38. The molecule has 162 valence electrons. The molecule has 0 unspecified atom stereocenters. The molecule has 2 aromatic rings. The van der Waals surface area contributed by atoms with E-state index < -0.39 is 10.0 Å². The standard InChI is InChI=1S/C23H30N2O4S/c1-4-25(30(27,28)19-13-14-22(29-5-2)17(3)15-19)16-23(26)24-21-12-8-10-18-9-6-7-11-20(18)21/h6-7,9,11,13-15,21H,4-5,8,10,12,16H2,1-3H3,(H,24,26)/t21-/m1/s1. The van der Waals surface area contributed by atoms with E-state index in [4.69, 9.17) is 4.74 Å². The summed E-state index contributed by atoms with van der Waals surface area (Å²) in [5.74, 6) is 0.373. The van der Waals surface area contributed by atoms with Gasteiger partial charge in [-0.15, -0.1) is 0 Å². The number of likely N-dealkylation sites (N-methyl/N-ethyl adjacent to an activating group) is 1. The van der Waals surface area contributed by atoms with Gasteiger partial charge in [0, 0.05) is 6.54 Å². The number of hydrogen-bond donors (Lipinski definition) is 1. The molecule has 1 aliphatic rings. The van der Waals surface area contributed by atoms with Crippen LogP contribution in [0, 0.1) is 6.92 Å². The molecular weight excluding hydrogens is 400 g/mol. The van der Waals surface area contributed by atoms with E-state index in [1.165, 1.54) is 15.9 Å². The fraction of sp³-hybridized carbons (Fsp3) is 0.435. The van der Waals surface area contributed by atoms with Gasteiger partial charge in [-0.25, -0.2) is 8.42 Å². The summed E-state index contributed by atoms with van der Waals surface area (Å²) in [6.45, 7) is 5.95. The highest BCUT2D eigenvalue weighted by molar-refractivity contribution is 7.89. The normalized spacial score (nSPS) is 16.2. The Balaban J connectivity index is 1.73. The van der Waals surface area contributed by atoms with Crippen molar-refractivity contribution in [1.82, 2.24) is 9.62 Å². The van der Waals surface area contributed by atoms with Gasteiger partial charge in [-0.1, -0.05) is 31.2 Å². The first-order valence-corrected chi connectivity index (χ1v) is 11.9. The number of amides is 1. The Hall–Kier alpha value is -2.38. The van der Waals surface area contributed by atoms with E-state index in [-0.39, 0.29) is 29.9 Å². The molecule has 0 fully saturated rings. The predicted molar refractivity (Wildman–Crippen MR) is 117 cm³/mol. The largest absolute Gasteiger partial charge is 0.494 e. The highest BCUT2D eigenvalue weighted by Gasteiger charge is 2.28. The van der Waals surface area contributed by atoms with Crippen LogP contribution in [0.25, 0.3) is 0 Å². The van der Waals surface area contributed by atoms with Crippen LogP contribution in [0.3, 0.4) is 0 Å². The number of ether oxygens (including phenoxy) is 1. The quantitative estimate of drug-likeness (QED) is 0.694. The Labute approximate surface area is 179 Å². The van der Waals surface area contributed by atoms with Crippen LogP contribution in [0.15, 0.2) is 47.4 Å². The first-order chi connectivity index (χ1) is 14.4. The summed E-state index contributed by atoms with van der Waals surface area (Å²) < 4.78 is 32.9. The summed E-state index contributed by atoms with van der Waals surface area (Å²) in [6.07, 6.45) is 2.87. The maximum Gasteiger partial charge on any atom is 0.243 e. The van der Waals surface area contributed by atoms with Crippen LogP contribution < -0.4 is 10.1 Å². The minimum atomic E-state index is -3.78. The zero-order valence-corrected chi connectivity index (χ0v) is 18.7. The lowest BCUT2D eigenvalue weighted by atomic mass is 9.88. The Morgan fingerprint density at radius 3 is 2.67 bits per heavy atom. The van der Waals surface area contributed by atoms with Crippen LogP contribution in [0.1, 0.15) is 49.4 Å². The van der Waals surface area contributed by atoms with Crippen molar-refractivity contribution in [3.63, 3.8) is 0 Å². The van der Waals surface area contributed by atoms with Crippen LogP contribution in [0.2, 0.25) is 0 Å². The maximum absolute atomic E-state index is 13.1. The summed E-state index contributed by atoms with van der Waals surface area (Å²) in [4.78, 5) is 12.9. The number of nitrogens with zero attached hydrogens (tertiary/aromatic N) is 1. The fourth-order valence-electron chi connectivity index (χ4n) is 3.92. The zero-order chi connectivity index (χ0) is 21.7. The molecule has 1 atom stereocenters. The molecule has 6 nitrogen and oxygen atoms in total. The van der Waals surface area contributed by atoms with Gasteiger partial charge in [0.25, 0.3) is 0 Å². The van der Waals surface area contributed by atoms with E-state index >= 15 is 0 Å². The first-order valence-electron chi connectivity index (χ1n) is 10.5. The second-order valence-corrected chi connectivity index (χ2v) is 9.44. The molecule has 0 aromatic heterocycles. The fourth-order valence-corrected chi connectivity index (χ4v) is 5.41. The lowest BCUT2D eigenvalue weighted by Crippen LogP contribution is -2.42. The highest BCUT2D eigenvalue weighted by Crippen LogP contribution is 2.29. The average Bonchev–Trinajstić information content (AvgIpc) is 2.73. The van der Waals surface area contributed by atoms with Gasteiger partial charge < -0.3 is 10.1 Å². The van der Waals surface area contributed by atoms with E-state index in [1.807, 2.05) is 32.0 Å². The molecule has 1 aliphatic carbocycles. The molecule has 0 heterocycles. The van der Waals surface area contributed by atoms with Gasteiger partial charge in [0.05, 0.1) is 24.1 Å². The molecule has 0 bridgehead atoms. The van der Waals surface area contributed by atoms with Gasteiger partial charge in [-0.2, -0.15) is 4.31 Å².